The van der Waals surface area contributed by atoms with Crippen LogP contribution in [-0.2, 0) is 11.3 Å². The predicted octanol–water partition coefficient (Wildman–Crippen LogP) is 3.49. The standard InChI is InChI=1S/C20H25FN2O2/c1-15(17-8-10-18(21)11-9-17)23(3)20(24)14-22(2)13-16-6-5-7-19(12-16)25-4/h5-12,15H,13-14H2,1-4H3. The van der Waals surface area contributed by atoms with E-state index in [4.69, 9.17) is 4.74 Å². The molecule has 1 amide bonds. The first kappa shape index (κ1) is 18.9. The first-order valence-electron chi connectivity index (χ1n) is 8.23. The second kappa shape index (κ2) is 8.62. The Morgan fingerprint density at radius 3 is 2.48 bits per heavy atom. The van der Waals surface area contributed by atoms with Gasteiger partial charge in [0.25, 0.3) is 0 Å². The van der Waals surface area contributed by atoms with E-state index in [2.05, 4.69) is 0 Å². The van der Waals surface area contributed by atoms with Crippen LogP contribution in [0.25, 0.3) is 0 Å². The Morgan fingerprint density at radius 2 is 1.84 bits per heavy atom. The van der Waals surface area contributed by atoms with Crippen LogP contribution in [-0.4, -0.2) is 43.5 Å². The molecule has 0 fully saturated rings. The highest BCUT2D eigenvalue weighted by molar-refractivity contribution is 5.78. The number of nitrogens with zero attached hydrogens (tertiary/aromatic N) is 2. The van der Waals surface area contributed by atoms with Gasteiger partial charge >= 0.3 is 0 Å². The molecule has 0 bridgehead atoms. The maximum atomic E-state index is 13.0. The summed E-state index contributed by atoms with van der Waals surface area (Å²) >= 11 is 0. The highest BCUT2D eigenvalue weighted by Crippen LogP contribution is 2.19. The lowest BCUT2D eigenvalue weighted by Gasteiger charge is -2.27. The molecule has 1 atom stereocenters. The van der Waals surface area contributed by atoms with Crippen LogP contribution < -0.4 is 4.74 Å². The number of rotatable bonds is 7. The summed E-state index contributed by atoms with van der Waals surface area (Å²) in [4.78, 5) is 16.2. The average molecular weight is 344 g/mol. The van der Waals surface area contributed by atoms with Gasteiger partial charge in [-0.3, -0.25) is 9.69 Å². The Balaban J connectivity index is 1.94. The summed E-state index contributed by atoms with van der Waals surface area (Å²) < 4.78 is 18.3. The summed E-state index contributed by atoms with van der Waals surface area (Å²) in [5, 5.41) is 0. The smallest absolute Gasteiger partial charge is 0.236 e. The molecule has 2 rings (SSSR count). The Morgan fingerprint density at radius 1 is 1.16 bits per heavy atom. The predicted molar refractivity (Wildman–Crippen MR) is 96.9 cm³/mol. The molecule has 0 spiro atoms. The fraction of sp³-hybridized carbons (Fsp3) is 0.350. The fourth-order valence-corrected chi connectivity index (χ4v) is 2.66. The molecule has 25 heavy (non-hydrogen) atoms. The van der Waals surface area contributed by atoms with Gasteiger partial charge in [-0.15, -0.1) is 0 Å². The molecule has 0 saturated carbocycles. The van der Waals surface area contributed by atoms with Gasteiger partial charge in [-0.2, -0.15) is 0 Å². The fourth-order valence-electron chi connectivity index (χ4n) is 2.66. The van der Waals surface area contributed by atoms with E-state index >= 15 is 0 Å². The van der Waals surface area contributed by atoms with E-state index in [9.17, 15) is 9.18 Å². The zero-order valence-corrected chi connectivity index (χ0v) is 15.2. The van der Waals surface area contributed by atoms with Crippen molar-refractivity contribution in [1.82, 2.24) is 9.80 Å². The Bertz CT molecular complexity index is 703. The summed E-state index contributed by atoms with van der Waals surface area (Å²) in [5.74, 6) is 0.546. The minimum absolute atomic E-state index is 0.0159. The number of amides is 1. The van der Waals surface area contributed by atoms with Crippen molar-refractivity contribution >= 4 is 5.91 Å². The number of hydrogen-bond acceptors (Lipinski definition) is 3. The number of ether oxygens (including phenoxy) is 1. The molecular formula is C20H25FN2O2. The molecule has 5 heteroatoms. The van der Waals surface area contributed by atoms with E-state index in [1.807, 2.05) is 43.1 Å². The summed E-state index contributed by atoms with van der Waals surface area (Å²) in [6, 6.07) is 13.9. The number of hydrogen-bond donors (Lipinski definition) is 0. The van der Waals surface area contributed by atoms with Gasteiger partial charge in [-0.1, -0.05) is 24.3 Å². The van der Waals surface area contributed by atoms with Gasteiger partial charge in [0, 0.05) is 13.6 Å². The largest absolute Gasteiger partial charge is 0.497 e. The van der Waals surface area contributed by atoms with Gasteiger partial charge in [0.15, 0.2) is 0 Å². The minimum Gasteiger partial charge on any atom is -0.497 e. The third-order valence-electron chi connectivity index (χ3n) is 4.32. The van der Waals surface area contributed by atoms with Crippen LogP contribution in [0.2, 0.25) is 0 Å². The SMILES string of the molecule is COc1cccc(CN(C)CC(=O)N(C)C(C)c2ccc(F)cc2)c1. The number of likely N-dealkylation sites (N-methyl/N-ethyl adjacent to an activating group) is 2. The topological polar surface area (TPSA) is 32.8 Å². The molecule has 1 unspecified atom stereocenters. The van der Waals surface area contributed by atoms with Crippen LogP contribution in [0, 0.1) is 5.82 Å². The van der Waals surface area contributed by atoms with E-state index in [0.717, 1.165) is 16.9 Å². The van der Waals surface area contributed by atoms with Crippen molar-refractivity contribution in [1.29, 1.82) is 0 Å². The van der Waals surface area contributed by atoms with Crippen molar-refractivity contribution in [2.45, 2.75) is 19.5 Å². The van der Waals surface area contributed by atoms with Crippen LogP contribution in [0.4, 0.5) is 4.39 Å². The average Bonchev–Trinajstić information content (AvgIpc) is 2.61. The number of halogens is 1. The van der Waals surface area contributed by atoms with Gasteiger partial charge in [0.1, 0.15) is 11.6 Å². The lowest BCUT2D eigenvalue weighted by Crippen LogP contribution is -2.37. The molecule has 134 valence electrons. The number of benzene rings is 2. The van der Waals surface area contributed by atoms with Crippen LogP contribution in [0.3, 0.4) is 0 Å². The van der Waals surface area contributed by atoms with Gasteiger partial charge < -0.3 is 9.64 Å². The van der Waals surface area contributed by atoms with Crippen molar-refractivity contribution in [3.63, 3.8) is 0 Å². The number of carbonyl (C=O) groups excluding carboxylic acids is 1. The second-order valence-corrected chi connectivity index (χ2v) is 6.26. The molecule has 0 saturated heterocycles. The highest BCUT2D eigenvalue weighted by atomic mass is 19.1. The lowest BCUT2D eigenvalue weighted by atomic mass is 10.1. The van der Waals surface area contributed by atoms with Gasteiger partial charge in [-0.05, 0) is 49.4 Å². The third-order valence-corrected chi connectivity index (χ3v) is 4.32. The third kappa shape index (κ3) is 5.29. The van der Waals surface area contributed by atoms with Gasteiger partial charge in [0.05, 0.1) is 19.7 Å². The van der Waals surface area contributed by atoms with Gasteiger partial charge in [-0.25, -0.2) is 4.39 Å². The molecule has 4 nitrogen and oxygen atoms in total. The normalized spacial score (nSPS) is 12.1. The summed E-state index contributed by atoms with van der Waals surface area (Å²) in [7, 11) is 5.32. The second-order valence-electron chi connectivity index (χ2n) is 6.26. The van der Waals surface area contributed by atoms with E-state index < -0.39 is 0 Å². The zero-order valence-electron chi connectivity index (χ0n) is 15.2. The quantitative estimate of drug-likeness (QED) is 0.771. The van der Waals surface area contributed by atoms with Crippen LogP contribution in [0.1, 0.15) is 24.1 Å². The minimum atomic E-state index is -0.275. The summed E-state index contributed by atoms with van der Waals surface area (Å²) in [6.45, 7) is 2.90. The van der Waals surface area contributed by atoms with Crippen molar-refractivity contribution in [3.8, 4) is 5.75 Å². The van der Waals surface area contributed by atoms with Crippen LogP contribution in [0.15, 0.2) is 48.5 Å². The molecule has 0 radical (unpaired) electrons. The Hall–Kier alpha value is -2.40. The summed E-state index contributed by atoms with van der Waals surface area (Å²) in [5.41, 5.74) is 2.00. The van der Waals surface area contributed by atoms with Crippen LogP contribution >= 0.6 is 0 Å². The lowest BCUT2D eigenvalue weighted by molar-refractivity contribution is -0.132. The Kier molecular flexibility index (Phi) is 6.53. The van der Waals surface area contributed by atoms with E-state index in [-0.39, 0.29) is 17.8 Å². The van der Waals surface area contributed by atoms with Crippen molar-refractivity contribution in [2.24, 2.45) is 0 Å². The first-order valence-corrected chi connectivity index (χ1v) is 8.23. The van der Waals surface area contributed by atoms with E-state index in [1.54, 1.807) is 31.2 Å². The molecule has 0 N–H and O–H groups in total. The summed E-state index contributed by atoms with van der Waals surface area (Å²) in [6.07, 6.45) is 0. The molecule has 0 heterocycles. The van der Waals surface area contributed by atoms with E-state index in [0.29, 0.717) is 13.1 Å². The van der Waals surface area contributed by atoms with Crippen molar-refractivity contribution < 1.29 is 13.9 Å². The van der Waals surface area contributed by atoms with E-state index in [1.165, 1.54) is 12.1 Å². The highest BCUT2D eigenvalue weighted by Gasteiger charge is 2.18. The Labute approximate surface area is 148 Å². The maximum Gasteiger partial charge on any atom is 0.236 e. The first-order chi connectivity index (χ1) is 11.9. The molecule has 2 aromatic rings. The van der Waals surface area contributed by atoms with Crippen LogP contribution in [0.5, 0.6) is 5.75 Å². The molecular weight excluding hydrogens is 319 g/mol. The maximum absolute atomic E-state index is 13.0. The monoisotopic (exact) mass is 344 g/mol. The van der Waals surface area contributed by atoms with Crippen molar-refractivity contribution in [3.05, 3.63) is 65.5 Å². The molecule has 0 aliphatic rings. The number of methoxy groups -OCH3 is 1. The molecule has 0 aliphatic heterocycles. The van der Waals surface area contributed by atoms with Gasteiger partial charge in [0.2, 0.25) is 5.91 Å². The number of carbonyl (C=O) groups is 1. The molecule has 0 aliphatic carbocycles. The molecule has 0 aromatic heterocycles. The van der Waals surface area contributed by atoms with Crippen molar-refractivity contribution in [2.75, 3.05) is 27.7 Å². The zero-order chi connectivity index (χ0) is 18.4. The molecule has 2 aromatic carbocycles.